The molecule has 5 nitrogen and oxygen atoms in total. The van der Waals surface area contributed by atoms with E-state index in [1.165, 1.54) is 16.9 Å². The van der Waals surface area contributed by atoms with Crippen LogP contribution in [0.4, 0.5) is 5.13 Å². The maximum absolute atomic E-state index is 12.0. The average molecular weight is 354 g/mol. The molecule has 1 amide bonds. The van der Waals surface area contributed by atoms with Crippen molar-refractivity contribution in [2.24, 2.45) is 0 Å². The minimum absolute atomic E-state index is 0.0264. The number of nitrogens with zero attached hydrogens (tertiary/aromatic N) is 3. The third-order valence-corrected chi connectivity index (χ3v) is 5.15. The molecule has 4 aromatic rings. The second-order valence-corrected chi connectivity index (χ2v) is 7.04. The lowest BCUT2D eigenvalue weighted by Gasteiger charge is -1.99. The average Bonchev–Trinajstić information content (AvgIpc) is 3.30. The molecule has 0 radical (unpaired) electrons. The van der Waals surface area contributed by atoms with Gasteiger partial charge in [0.15, 0.2) is 0 Å². The Morgan fingerprint density at radius 2 is 2.08 bits per heavy atom. The summed E-state index contributed by atoms with van der Waals surface area (Å²) >= 11 is 3.02. The number of hydrogen-bond donors (Lipinski definition) is 1. The monoisotopic (exact) mass is 354 g/mol. The summed E-state index contributed by atoms with van der Waals surface area (Å²) in [6.07, 6.45) is 3.08. The number of fused-ring (bicyclic) bond motifs is 1. The molecule has 0 saturated heterocycles. The maximum atomic E-state index is 12.0. The van der Waals surface area contributed by atoms with Crippen LogP contribution >= 0.6 is 22.7 Å². The van der Waals surface area contributed by atoms with Crippen LogP contribution in [0.3, 0.4) is 0 Å². The summed E-state index contributed by atoms with van der Waals surface area (Å²) in [5.41, 5.74) is 3.12. The van der Waals surface area contributed by atoms with Crippen LogP contribution in [0.15, 0.2) is 53.4 Å². The number of benzene rings is 1. The molecule has 24 heavy (non-hydrogen) atoms. The number of amides is 1. The number of carbonyl (C=O) groups is 1. The molecular formula is C17H14N4OS2. The molecule has 0 aliphatic heterocycles. The molecule has 1 N–H and O–H groups in total. The number of aromatic nitrogens is 3. The van der Waals surface area contributed by atoms with Crippen LogP contribution in [0.5, 0.6) is 0 Å². The van der Waals surface area contributed by atoms with Gasteiger partial charge in [-0.15, -0.1) is 5.10 Å². The molecule has 0 aliphatic carbocycles. The predicted molar refractivity (Wildman–Crippen MR) is 97.6 cm³/mol. The van der Waals surface area contributed by atoms with Gasteiger partial charge in [-0.2, -0.15) is 11.3 Å². The number of nitrogens with one attached hydrogen (secondary N) is 1. The van der Waals surface area contributed by atoms with Gasteiger partial charge in [0.2, 0.25) is 16.0 Å². The van der Waals surface area contributed by atoms with Gasteiger partial charge in [-0.25, -0.2) is 9.50 Å². The maximum Gasteiger partial charge on any atom is 0.226 e. The van der Waals surface area contributed by atoms with Crippen molar-refractivity contribution < 1.29 is 4.79 Å². The summed E-state index contributed by atoms with van der Waals surface area (Å²) in [4.78, 5) is 17.4. The van der Waals surface area contributed by atoms with Crippen molar-refractivity contribution in [1.29, 1.82) is 0 Å². The summed E-state index contributed by atoms with van der Waals surface area (Å²) in [6, 6.07) is 12.0. The highest BCUT2D eigenvalue weighted by molar-refractivity contribution is 7.20. The Morgan fingerprint density at radius 1 is 1.21 bits per heavy atom. The highest BCUT2D eigenvalue weighted by Crippen LogP contribution is 2.24. The highest BCUT2D eigenvalue weighted by atomic mass is 32.1. The fraction of sp³-hybridized carbons (Fsp3) is 0.118. The zero-order chi connectivity index (χ0) is 16.4. The Bertz CT molecular complexity index is 926. The second-order valence-electron chi connectivity index (χ2n) is 5.31. The van der Waals surface area contributed by atoms with Crippen molar-refractivity contribution in [3.63, 3.8) is 0 Å². The van der Waals surface area contributed by atoms with E-state index >= 15 is 0 Å². The number of rotatable bonds is 5. The zero-order valence-electron chi connectivity index (χ0n) is 12.7. The lowest BCUT2D eigenvalue weighted by atomic mass is 10.2. The Labute approximate surface area is 146 Å². The number of carbonyl (C=O) groups excluding carboxylic acids is 1. The fourth-order valence-corrected chi connectivity index (χ4v) is 3.87. The van der Waals surface area contributed by atoms with Crippen LogP contribution in [-0.4, -0.2) is 20.5 Å². The number of hydrogen-bond acceptors (Lipinski definition) is 5. The molecule has 120 valence electrons. The molecule has 7 heteroatoms. The van der Waals surface area contributed by atoms with Gasteiger partial charge in [-0.1, -0.05) is 41.7 Å². The van der Waals surface area contributed by atoms with Crippen LogP contribution in [0.2, 0.25) is 0 Å². The molecular weight excluding hydrogens is 340 g/mol. The number of imidazole rings is 1. The van der Waals surface area contributed by atoms with Gasteiger partial charge >= 0.3 is 0 Å². The minimum atomic E-state index is -0.0264. The first-order chi connectivity index (χ1) is 11.8. The summed E-state index contributed by atoms with van der Waals surface area (Å²) < 4.78 is 1.71. The van der Waals surface area contributed by atoms with Crippen molar-refractivity contribution in [3.8, 4) is 11.3 Å². The van der Waals surface area contributed by atoms with E-state index in [0.717, 1.165) is 22.6 Å². The minimum Gasteiger partial charge on any atom is -0.301 e. The quantitative estimate of drug-likeness (QED) is 0.587. The van der Waals surface area contributed by atoms with E-state index in [1.54, 1.807) is 15.9 Å². The first-order valence-corrected chi connectivity index (χ1v) is 9.26. The number of anilines is 1. The van der Waals surface area contributed by atoms with E-state index in [4.69, 9.17) is 0 Å². The first kappa shape index (κ1) is 15.0. The molecule has 1 aromatic carbocycles. The standard InChI is InChI=1S/C17H14N4OS2/c22-15(7-6-12-8-9-23-11-12)19-16-20-21-10-14(18-17(21)24-16)13-4-2-1-3-5-13/h1-5,8-11H,6-7H2,(H,19,20,22). The highest BCUT2D eigenvalue weighted by Gasteiger charge is 2.11. The molecule has 3 aromatic heterocycles. The molecule has 0 saturated carbocycles. The van der Waals surface area contributed by atoms with E-state index < -0.39 is 0 Å². The lowest BCUT2D eigenvalue weighted by molar-refractivity contribution is -0.116. The van der Waals surface area contributed by atoms with Crippen LogP contribution in [0.1, 0.15) is 12.0 Å². The normalized spacial score (nSPS) is 11.0. The molecule has 3 heterocycles. The second kappa shape index (κ2) is 6.54. The van der Waals surface area contributed by atoms with Gasteiger partial charge < -0.3 is 5.32 Å². The van der Waals surface area contributed by atoms with Gasteiger partial charge in [-0.3, -0.25) is 4.79 Å². The third-order valence-electron chi connectivity index (χ3n) is 3.58. The molecule has 0 spiro atoms. The van der Waals surface area contributed by atoms with E-state index in [0.29, 0.717) is 11.6 Å². The molecule has 0 aliphatic rings. The predicted octanol–water partition coefficient (Wildman–Crippen LogP) is 4.09. The van der Waals surface area contributed by atoms with Crippen molar-refractivity contribution in [2.75, 3.05) is 5.32 Å². The van der Waals surface area contributed by atoms with Crippen molar-refractivity contribution >= 4 is 38.7 Å². The van der Waals surface area contributed by atoms with Gasteiger partial charge in [0, 0.05) is 12.0 Å². The van der Waals surface area contributed by atoms with Gasteiger partial charge in [0.1, 0.15) is 0 Å². The fourth-order valence-electron chi connectivity index (χ4n) is 2.37. The van der Waals surface area contributed by atoms with Gasteiger partial charge in [0.25, 0.3) is 0 Å². The van der Waals surface area contributed by atoms with Crippen LogP contribution in [-0.2, 0) is 11.2 Å². The third kappa shape index (κ3) is 3.22. The molecule has 0 atom stereocenters. The van der Waals surface area contributed by atoms with E-state index in [1.807, 2.05) is 48.0 Å². The summed E-state index contributed by atoms with van der Waals surface area (Å²) in [6.45, 7) is 0. The Balaban J connectivity index is 1.44. The van der Waals surface area contributed by atoms with Gasteiger partial charge in [-0.05, 0) is 28.8 Å². The summed E-state index contributed by atoms with van der Waals surface area (Å²) in [5, 5.41) is 11.9. The first-order valence-electron chi connectivity index (χ1n) is 7.50. The summed E-state index contributed by atoms with van der Waals surface area (Å²) in [7, 11) is 0. The van der Waals surface area contributed by atoms with Crippen LogP contribution in [0.25, 0.3) is 16.2 Å². The smallest absolute Gasteiger partial charge is 0.226 e. The van der Waals surface area contributed by atoms with Crippen LogP contribution in [0, 0.1) is 0 Å². The Morgan fingerprint density at radius 3 is 2.83 bits per heavy atom. The molecule has 0 fully saturated rings. The SMILES string of the molecule is O=C(CCc1ccsc1)Nc1nn2cc(-c3ccccc3)nc2s1. The topological polar surface area (TPSA) is 59.3 Å². The van der Waals surface area contributed by atoms with Crippen LogP contribution < -0.4 is 5.32 Å². The number of thiophene rings is 1. The van der Waals surface area contributed by atoms with E-state index in [-0.39, 0.29) is 5.91 Å². The molecule has 4 rings (SSSR count). The Kier molecular flexibility index (Phi) is 4.10. The van der Waals surface area contributed by atoms with Gasteiger partial charge in [0.05, 0.1) is 11.9 Å². The van der Waals surface area contributed by atoms with E-state index in [9.17, 15) is 4.79 Å². The summed E-state index contributed by atoms with van der Waals surface area (Å²) in [5.74, 6) is -0.0264. The lowest BCUT2D eigenvalue weighted by Crippen LogP contribution is -2.12. The van der Waals surface area contributed by atoms with Crippen molar-refractivity contribution in [2.45, 2.75) is 12.8 Å². The largest absolute Gasteiger partial charge is 0.301 e. The molecule has 0 bridgehead atoms. The number of aryl methyl sites for hydroxylation is 1. The Hall–Kier alpha value is -2.51. The molecule has 0 unspecified atom stereocenters. The van der Waals surface area contributed by atoms with E-state index in [2.05, 4.69) is 20.8 Å². The van der Waals surface area contributed by atoms with Crippen molar-refractivity contribution in [3.05, 3.63) is 58.9 Å². The zero-order valence-corrected chi connectivity index (χ0v) is 14.3. The van der Waals surface area contributed by atoms with Crippen molar-refractivity contribution in [1.82, 2.24) is 14.6 Å².